The van der Waals surface area contributed by atoms with E-state index in [4.69, 9.17) is 4.74 Å². The minimum atomic E-state index is 0.131. The van der Waals surface area contributed by atoms with Crippen molar-refractivity contribution in [3.63, 3.8) is 0 Å². The van der Waals surface area contributed by atoms with E-state index in [0.717, 1.165) is 24.0 Å². The fourth-order valence-electron chi connectivity index (χ4n) is 2.30. The van der Waals surface area contributed by atoms with E-state index in [-0.39, 0.29) is 5.78 Å². The van der Waals surface area contributed by atoms with Gasteiger partial charge in [0, 0.05) is 17.5 Å². The van der Waals surface area contributed by atoms with E-state index in [2.05, 4.69) is 18.4 Å². The Morgan fingerprint density at radius 1 is 1.08 bits per heavy atom. The molecule has 0 radical (unpaired) electrons. The van der Waals surface area contributed by atoms with Gasteiger partial charge in [0.05, 0.1) is 6.61 Å². The molecule has 0 spiro atoms. The molecular weight excluding hydrogens is 296 g/mol. The van der Waals surface area contributed by atoms with Crippen LogP contribution >= 0.6 is 0 Å². The van der Waals surface area contributed by atoms with Gasteiger partial charge in [-0.25, -0.2) is 0 Å². The molecule has 2 rings (SSSR count). The molecule has 2 aromatic carbocycles. The summed E-state index contributed by atoms with van der Waals surface area (Å²) < 4.78 is 5.55. The predicted octanol–water partition coefficient (Wildman–Crippen LogP) is 4.79. The van der Waals surface area contributed by atoms with E-state index in [0.29, 0.717) is 25.2 Å². The van der Waals surface area contributed by atoms with Crippen LogP contribution in [0.5, 0.6) is 0 Å². The van der Waals surface area contributed by atoms with Gasteiger partial charge in [0.25, 0.3) is 0 Å². The van der Waals surface area contributed by atoms with Gasteiger partial charge in [-0.3, -0.25) is 4.79 Å². The minimum absolute atomic E-state index is 0.131. The number of ketones is 1. The first-order valence-corrected chi connectivity index (χ1v) is 8.15. The van der Waals surface area contributed by atoms with Crippen LogP contribution in [-0.4, -0.2) is 12.4 Å². The van der Waals surface area contributed by atoms with E-state index in [9.17, 15) is 4.79 Å². The van der Waals surface area contributed by atoms with Crippen LogP contribution < -0.4 is 0 Å². The Balaban J connectivity index is 1.90. The Kier molecular flexibility index (Phi) is 7.53. The van der Waals surface area contributed by atoms with Crippen molar-refractivity contribution < 1.29 is 9.53 Å². The highest BCUT2D eigenvalue weighted by molar-refractivity contribution is 5.98. The Labute approximate surface area is 144 Å². The molecule has 0 bridgehead atoms. The van der Waals surface area contributed by atoms with Gasteiger partial charge in [0.1, 0.15) is 6.61 Å². The van der Waals surface area contributed by atoms with E-state index in [1.54, 1.807) is 0 Å². The third-order valence-electron chi connectivity index (χ3n) is 3.55. The average molecular weight is 318 g/mol. The summed E-state index contributed by atoms with van der Waals surface area (Å²) in [6.07, 6.45) is 4.04. The summed E-state index contributed by atoms with van der Waals surface area (Å²) in [4.78, 5) is 12.3. The summed E-state index contributed by atoms with van der Waals surface area (Å²) in [5.74, 6) is 6.18. The molecule has 0 fully saturated rings. The van der Waals surface area contributed by atoms with Crippen molar-refractivity contribution in [3.8, 4) is 11.8 Å². The number of hydrogen-bond donors (Lipinski definition) is 0. The molecule has 0 aliphatic heterocycles. The molecule has 0 aliphatic rings. The number of ether oxygens (including phenoxy) is 1. The van der Waals surface area contributed by atoms with E-state index in [1.165, 1.54) is 0 Å². The molecule has 0 atom stereocenters. The summed E-state index contributed by atoms with van der Waals surface area (Å²) in [6, 6.07) is 17.5. The highest BCUT2D eigenvalue weighted by Gasteiger charge is 2.08. The van der Waals surface area contributed by atoms with Crippen molar-refractivity contribution in [2.75, 3.05) is 6.61 Å². The van der Waals surface area contributed by atoms with Gasteiger partial charge < -0.3 is 4.74 Å². The molecule has 122 valence electrons. The fraction of sp³-hybridized carbons (Fsp3) is 0.227. The molecule has 0 aliphatic carbocycles. The van der Waals surface area contributed by atoms with E-state index >= 15 is 0 Å². The number of Topliss-reactive ketones (excluding diaryl/α,β-unsaturated/α-hetero) is 1. The van der Waals surface area contributed by atoms with Crippen LogP contribution in [0, 0.1) is 11.8 Å². The maximum Gasteiger partial charge on any atom is 0.164 e. The predicted molar refractivity (Wildman–Crippen MR) is 97.8 cm³/mol. The van der Waals surface area contributed by atoms with Crippen LogP contribution in [0.3, 0.4) is 0 Å². The summed E-state index contributed by atoms with van der Waals surface area (Å²) in [5.41, 5.74) is 2.58. The lowest BCUT2D eigenvalue weighted by molar-refractivity contribution is 0.0980. The largest absolute Gasteiger partial charge is 0.364 e. The molecule has 0 saturated heterocycles. The zero-order valence-corrected chi connectivity index (χ0v) is 13.8. The number of carbonyl (C=O) groups excluding carboxylic acids is 1. The molecule has 2 heteroatoms. The lowest BCUT2D eigenvalue weighted by atomic mass is 10.0. The van der Waals surface area contributed by atoms with Crippen LogP contribution in [0.15, 0.2) is 67.3 Å². The van der Waals surface area contributed by atoms with Crippen molar-refractivity contribution in [2.24, 2.45) is 0 Å². The maximum atomic E-state index is 12.3. The van der Waals surface area contributed by atoms with Gasteiger partial charge >= 0.3 is 0 Å². The van der Waals surface area contributed by atoms with Crippen LogP contribution in [-0.2, 0) is 11.3 Å². The summed E-state index contributed by atoms with van der Waals surface area (Å²) >= 11 is 0. The average Bonchev–Trinajstić information content (AvgIpc) is 2.63. The standard InChI is InChI=1S/C22H22O2/c1-2-3-5-16-22(23)21-15-9-8-13-20(21)14-10-17-24-18-19-11-6-4-7-12-19/h2,4,6-9,11-13,15H,1,3,5,16-18H2. The van der Waals surface area contributed by atoms with Crippen LogP contribution in [0.1, 0.15) is 40.7 Å². The van der Waals surface area contributed by atoms with E-state index in [1.807, 2.05) is 60.7 Å². The Hall–Kier alpha value is -2.63. The third kappa shape index (κ3) is 5.87. The van der Waals surface area contributed by atoms with Crippen LogP contribution in [0.2, 0.25) is 0 Å². The Bertz CT molecular complexity index is 720. The normalized spacial score (nSPS) is 9.83. The molecule has 0 N–H and O–H groups in total. The first-order chi connectivity index (χ1) is 11.8. The molecule has 0 heterocycles. The maximum absolute atomic E-state index is 12.3. The molecule has 0 aromatic heterocycles. The zero-order valence-electron chi connectivity index (χ0n) is 13.8. The second-order valence-corrected chi connectivity index (χ2v) is 5.43. The first kappa shape index (κ1) is 17.7. The highest BCUT2D eigenvalue weighted by atomic mass is 16.5. The van der Waals surface area contributed by atoms with Crippen LogP contribution in [0.25, 0.3) is 0 Å². The number of rotatable bonds is 8. The van der Waals surface area contributed by atoms with Crippen molar-refractivity contribution in [1.82, 2.24) is 0 Å². The summed E-state index contributed by atoms with van der Waals surface area (Å²) in [5, 5.41) is 0. The number of carbonyl (C=O) groups is 1. The minimum Gasteiger partial charge on any atom is -0.364 e. The zero-order chi connectivity index (χ0) is 17.0. The van der Waals surface area contributed by atoms with Crippen molar-refractivity contribution in [2.45, 2.75) is 25.9 Å². The molecular formula is C22H22O2. The summed E-state index contributed by atoms with van der Waals surface area (Å²) in [6.45, 7) is 4.56. The third-order valence-corrected chi connectivity index (χ3v) is 3.55. The first-order valence-electron chi connectivity index (χ1n) is 8.15. The highest BCUT2D eigenvalue weighted by Crippen LogP contribution is 2.12. The molecule has 2 nitrogen and oxygen atoms in total. The lowest BCUT2D eigenvalue weighted by Gasteiger charge is -2.03. The fourth-order valence-corrected chi connectivity index (χ4v) is 2.30. The molecule has 0 unspecified atom stereocenters. The quantitative estimate of drug-likeness (QED) is 0.303. The van der Waals surface area contributed by atoms with Gasteiger partial charge in [-0.2, -0.15) is 0 Å². The van der Waals surface area contributed by atoms with Gasteiger partial charge in [-0.05, 0) is 24.5 Å². The number of unbranched alkanes of at least 4 members (excludes halogenated alkanes) is 1. The van der Waals surface area contributed by atoms with Crippen molar-refractivity contribution in [1.29, 1.82) is 0 Å². The molecule has 24 heavy (non-hydrogen) atoms. The monoisotopic (exact) mass is 318 g/mol. The van der Waals surface area contributed by atoms with Crippen molar-refractivity contribution >= 4 is 5.78 Å². The van der Waals surface area contributed by atoms with Crippen molar-refractivity contribution in [3.05, 3.63) is 83.9 Å². The number of benzene rings is 2. The second kappa shape index (κ2) is 10.2. The van der Waals surface area contributed by atoms with Gasteiger partial charge in [0.15, 0.2) is 5.78 Å². The van der Waals surface area contributed by atoms with Gasteiger partial charge in [0.2, 0.25) is 0 Å². The number of allylic oxidation sites excluding steroid dienone is 1. The lowest BCUT2D eigenvalue weighted by Crippen LogP contribution is -2.02. The Morgan fingerprint density at radius 3 is 2.62 bits per heavy atom. The molecule has 0 saturated carbocycles. The van der Waals surface area contributed by atoms with Gasteiger partial charge in [-0.1, -0.05) is 66.4 Å². The molecule has 2 aromatic rings. The smallest absolute Gasteiger partial charge is 0.164 e. The SMILES string of the molecule is C=CCCCC(=O)c1ccccc1C#CCOCc1ccccc1. The topological polar surface area (TPSA) is 26.3 Å². The Morgan fingerprint density at radius 2 is 1.83 bits per heavy atom. The summed E-state index contributed by atoms with van der Waals surface area (Å²) in [7, 11) is 0. The van der Waals surface area contributed by atoms with Gasteiger partial charge in [-0.15, -0.1) is 6.58 Å². The van der Waals surface area contributed by atoms with E-state index < -0.39 is 0 Å². The molecule has 0 amide bonds. The second-order valence-electron chi connectivity index (χ2n) is 5.43. The number of hydrogen-bond acceptors (Lipinski definition) is 2. The van der Waals surface area contributed by atoms with Crippen LogP contribution in [0.4, 0.5) is 0 Å².